The van der Waals surface area contributed by atoms with Crippen molar-refractivity contribution in [2.75, 3.05) is 19.6 Å². The van der Waals surface area contributed by atoms with Crippen LogP contribution < -0.4 is 10.6 Å². The van der Waals surface area contributed by atoms with Crippen LogP contribution in [0.1, 0.15) is 25.0 Å². The van der Waals surface area contributed by atoms with Crippen molar-refractivity contribution >= 4 is 11.8 Å². The maximum Gasteiger partial charge on any atom is 0.242 e. The van der Waals surface area contributed by atoms with Crippen LogP contribution in [0.25, 0.3) is 0 Å². The maximum atomic E-state index is 12.0. The zero-order valence-electron chi connectivity index (χ0n) is 12.7. The Balaban J connectivity index is 1.83. The lowest BCUT2D eigenvalue weighted by Gasteiger charge is -2.28. The number of carbonyl (C=O) groups is 2. The Morgan fingerprint density at radius 3 is 2.71 bits per heavy atom. The molecule has 0 bridgehead atoms. The Bertz CT molecular complexity index is 516. The molecule has 1 aromatic rings. The molecular weight excluding hydrogens is 266 g/mol. The Morgan fingerprint density at radius 1 is 1.29 bits per heavy atom. The van der Waals surface area contributed by atoms with Crippen molar-refractivity contribution in [3.8, 4) is 0 Å². The fourth-order valence-electron chi connectivity index (χ4n) is 2.57. The number of hydrogen-bond donors (Lipinski definition) is 2. The van der Waals surface area contributed by atoms with Gasteiger partial charge in [-0.3, -0.25) is 14.5 Å². The van der Waals surface area contributed by atoms with Gasteiger partial charge < -0.3 is 10.6 Å². The Morgan fingerprint density at radius 2 is 2.00 bits per heavy atom. The molecule has 0 unspecified atom stereocenters. The molecule has 0 aromatic heterocycles. The predicted octanol–water partition coefficient (Wildman–Crippen LogP) is 0.686. The van der Waals surface area contributed by atoms with Crippen molar-refractivity contribution in [3.63, 3.8) is 0 Å². The SMILES string of the molecule is CCNC(=O)[C@H](C)NC(=O)CN1CCc2ccccc2C1. The molecule has 1 heterocycles. The first kappa shape index (κ1) is 15.5. The first-order chi connectivity index (χ1) is 10.1. The molecule has 0 fully saturated rings. The minimum Gasteiger partial charge on any atom is -0.355 e. The summed E-state index contributed by atoms with van der Waals surface area (Å²) in [5.41, 5.74) is 2.65. The second kappa shape index (κ2) is 7.22. The van der Waals surface area contributed by atoms with Gasteiger partial charge in [0.15, 0.2) is 0 Å². The van der Waals surface area contributed by atoms with Gasteiger partial charge in [-0.2, -0.15) is 0 Å². The fraction of sp³-hybridized carbons (Fsp3) is 0.500. The Labute approximate surface area is 125 Å². The second-order valence-electron chi connectivity index (χ2n) is 5.41. The molecule has 1 aliphatic rings. The molecule has 0 aliphatic carbocycles. The fourth-order valence-corrected chi connectivity index (χ4v) is 2.57. The summed E-state index contributed by atoms with van der Waals surface area (Å²) in [6.07, 6.45) is 0.968. The summed E-state index contributed by atoms with van der Waals surface area (Å²) in [6, 6.07) is 7.84. The van der Waals surface area contributed by atoms with Gasteiger partial charge in [0.25, 0.3) is 0 Å². The summed E-state index contributed by atoms with van der Waals surface area (Å²) in [5, 5.41) is 5.44. The van der Waals surface area contributed by atoms with E-state index in [0.717, 1.165) is 19.5 Å². The number of hydrogen-bond acceptors (Lipinski definition) is 3. The Kier molecular flexibility index (Phi) is 5.33. The normalized spacial score (nSPS) is 15.9. The van der Waals surface area contributed by atoms with Gasteiger partial charge in [0.1, 0.15) is 6.04 Å². The number of carbonyl (C=O) groups excluding carboxylic acids is 2. The quantitative estimate of drug-likeness (QED) is 0.838. The van der Waals surface area contributed by atoms with E-state index in [9.17, 15) is 9.59 Å². The minimum absolute atomic E-state index is 0.104. The van der Waals surface area contributed by atoms with Gasteiger partial charge in [0, 0.05) is 19.6 Å². The minimum atomic E-state index is -0.491. The average Bonchev–Trinajstić information content (AvgIpc) is 2.47. The van der Waals surface area contributed by atoms with Gasteiger partial charge in [-0.1, -0.05) is 24.3 Å². The van der Waals surface area contributed by atoms with Crippen molar-refractivity contribution in [1.82, 2.24) is 15.5 Å². The van der Waals surface area contributed by atoms with Gasteiger partial charge in [-0.25, -0.2) is 0 Å². The smallest absolute Gasteiger partial charge is 0.242 e. The van der Waals surface area contributed by atoms with E-state index in [0.29, 0.717) is 13.1 Å². The molecule has 5 nitrogen and oxygen atoms in total. The van der Waals surface area contributed by atoms with E-state index in [1.807, 2.05) is 13.0 Å². The van der Waals surface area contributed by atoms with Crippen LogP contribution in [-0.4, -0.2) is 42.4 Å². The highest BCUT2D eigenvalue weighted by atomic mass is 16.2. The lowest BCUT2D eigenvalue weighted by molar-refractivity contribution is -0.129. The summed E-state index contributed by atoms with van der Waals surface area (Å²) in [6.45, 7) is 6.13. The van der Waals surface area contributed by atoms with Crippen molar-refractivity contribution in [2.24, 2.45) is 0 Å². The monoisotopic (exact) mass is 289 g/mol. The largest absolute Gasteiger partial charge is 0.355 e. The van der Waals surface area contributed by atoms with E-state index in [4.69, 9.17) is 0 Å². The van der Waals surface area contributed by atoms with Gasteiger partial charge in [-0.15, -0.1) is 0 Å². The highest BCUT2D eigenvalue weighted by molar-refractivity contribution is 5.87. The van der Waals surface area contributed by atoms with Gasteiger partial charge in [0.05, 0.1) is 6.54 Å². The number of benzene rings is 1. The zero-order valence-corrected chi connectivity index (χ0v) is 12.7. The van der Waals surface area contributed by atoms with E-state index in [1.165, 1.54) is 11.1 Å². The van der Waals surface area contributed by atoms with Crippen LogP contribution in [-0.2, 0) is 22.6 Å². The van der Waals surface area contributed by atoms with Crippen LogP contribution in [0, 0.1) is 0 Å². The van der Waals surface area contributed by atoms with E-state index in [-0.39, 0.29) is 11.8 Å². The molecule has 0 saturated carbocycles. The molecule has 2 amide bonds. The first-order valence-electron chi connectivity index (χ1n) is 7.46. The maximum absolute atomic E-state index is 12.0. The zero-order chi connectivity index (χ0) is 15.2. The Hall–Kier alpha value is -1.88. The number of rotatable bonds is 5. The topological polar surface area (TPSA) is 61.4 Å². The second-order valence-corrected chi connectivity index (χ2v) is 5.41. The molecule has 114 valence electrons. The molecule has 5 heteroatoms. The van der Waals surface area contributed by atoms with E-state index < -0.39 is 6.04 Å². The van der Waals surface area contributed by atoms with Crippen LogP contribution in [0.5, 0.6) is 0 Å². The number of fused-ring (bicyclic) bond motifs is 1. The van der Waals surface area contributed by atoms with Crippen molar-refractivity contribution in [2.45, 2.75) is 32.9 Å². The molecule has 2 N–H and O–H groups in total. The van der Waals surface area contributed by atoms with Crippen LogP contribution in [0.3, 0.4) is 0 Å². The van der Waals surface area contributed by atoms with Crippen LogP contribution in [0.4, 0.5) is 0 Å². The number of likely N-dealkylation sites (N-methyl/N-ethyl adjacent to an activating group) is 1. The summed E-state index contributed by atoms with van der Waals surface area (Å²) in [5.74, 6) is -0.247. The predicted molar refractivity (Wildman–Crippen MR) is 81.7 cm³/mol. The van der Waals surface area contributed by atoms with Gasteiger partial charge >= 0.3 is 0 Å². The molecule has 2 rings (SSSR count). The third-order valence-corrected chi connectivity index (χ3v) is 3.70. The molecule has 0 saturated heterocycles. The van der Waals surface area contributed by atoms with Crippen LogP contribution >= 0.6 is 0 Å². The van der Waals surface area contributed by atoms with Gasteiger partial charge in [-0.05, 0) is 31.4 Å². The van der Waals surface area contributed by atoms with Crippen LogP contribution in [0.2, 0.25) is 0 Å². The highest BCUT2D eigenvalue weighted by Gasteiger charge is 2.20. The lowest BCUT2D eigenvalue weighted by atomic mass is 10.00. The molecule has 21 heavy (non-hydrogen) atoms. The highest BCUT2D eigenvalue weighted by Crippen LogP contribution is 2.17. The molecule has 0 spiro atoms. The summed E-state index contributed by atoms with van der Waals surface area (Å²) in [4.78, 5) is 25.7. The summed E-state index contributed by atoms with van der Waals surface area (Å²) < 4.78 is 0. The molecule has 1 aliphatic heterocycles. The summed E-state index contributed by atoms with van der Waals surface area (Å²) in [7, 11) is 0. The molecular formula is C16H23N3O2. The standard InChI is InChI=1S/C16H23N3O2/c1-3-17-16(21)12(2)18-15(20)11-19-9-8-13-6-4-5-7-14(13)10-19/h4-7,12H,3,8-11H2,1-2H3,(H,17,21)(H,18,20)/t12-/m0/s1. The average molecular weight is 289 g/mol. The molecule has 1 aromatic carbocycles. The van der Waals surface area contributed by atoms with Crippen LogP contribution in [0.15, 0.2) is 24.3 Å². The number of nitrogens with one attached hydrogen (secondary N) is 2. The third-order valence-electron chi connectivity index (χ3n) is 3.70. The number of nitrogens with zero attached hydrogens (tertiary/aromatic N) is 1. The first-order valence-corrected chi connectivity index (χ1v) is 7.46. The lowest BCUT2D eigenvalue weighted by Crippen LogP contribution is -2.48. The third kappa shape index (κ3) is 4.29. The molecule has 1 atom stereocenters. The van der Waals surface area contributed by atoms with E-state index in [1.54, 1.807) is 6.92 Å². The van der Waals surface area contributed by atoms with Gasteiger partial charge in [0.2, 0.25) is 11.8 Å². The molecule has 0 radical (unpaired) electrons. The van der Waals surface area contributed by atoms with Crippen molar-refractivity contribution in [3.05, 3.63) is 35.4 Å². The van der Waals surface area contributed by atoms with Crippen molar-refractivity contribution in [1.29, 1.82) is 0 Å². The van der Waals surface area contributed by atoms with Crippen molar-refractivity contribution < 1.29 is 9.59 Å². The number of amides is 2. The van der Waals surface area contributed by atoms with E-state index in [2.05, 4.69) is 33.7 Å². The summed E-state index contributed by atoms with van der Waals surface area (Å²) >= 11 is 0. The van der Waals surface area contributed by atoms with E-state index >= 15 is 0 Å².